The first-order chi connectivity index (χ1) is 13.6. The van der Waals surface area contributed by atoms with Crippen LogP contribution in [0.4, 0.5) is 0 Å². The summed E-state index contributed by atoms with van der Waals surface area (Å²) in [4.78, 5) is 19.0. The Morgan fingerprint density at radius 1 is 1.14 bits per heavy atom. The van der Waals surface area contributed by atoms with Gasteiger partial charge in [0.2, 0.25) is 0 Å². The van der Waals surface area contributed by atoms with Crippen LogP contribution >= 0.6 is 34.9 Å². The number of aromatic nitrogens is 1. The lowest BCUT2D eigenvalue weighted by Crippen LogP contribution is -2.18. The summed E-state index contributed by atoms with van der Waals surface area (Å²) in [6.45, 7) is 0.758. The molecule has 0 unspecified atom stereocenters. The van der Waals surface area contributed by atoms with Gasteiger partial charge >= 0.3 is 0 Å². The molecule has 5 nitrogen and oxygen atoms in total. The van der Waals surface area contributed by atoms with Crippen molar-refractivity contribution in [2.45, 2.75) is 11.4 Å². The monoisotopic (exact) mass is 434 g/mol. The molecule has 148 valence electrons. The van der Waals surface area contributed by atoms with Gasteiger partial charge in [0, 0.05) is 34.9 Å². The van der Waals surface area contributed by atoms with E-state index in [9.17, 15) is 4.79 Å². The minimum Gasteiger partial charge on any atom is -0.493 e. The van der Waals surface area contributed by atoms with Crippen molar-refractivity contribution < 1.29 is 14.3 Å². The summed E-state index contributed by atoms with van der Waals surface area (Å²) in [6, 6.07) is 11.4. The number of hydrogen-bond donors (Lipinski definition) is 0. The van der Waals surface area contributed by atoms with Crippen LogP contribution in [-0.4, -0.2) is 43.0 Å². The van der Waals surface area contributed by atoms with Crippen molar-refractivity contribution in [3.05, 3.63) is 46.8 Å². The standard InChI is InChI=1S/C20H22N2O3S3/c1-24-16-11-15-18(12-17(16)25-2)28-20(22(15)8-9-26-3)21-19(23)13-6-5-7-14(10-13)27-4/h5-7,10-12H,8-9H2,1-4H3. The Hall–Kier alpha value is -1.90. The predicted octanol–water partition coefficient (Wildman–Crippen LogP) is 4.55. The van der Waals surface area contributed by atoms with Crippen molar-refractivity contribution in [2.75, 3.05) is 32.5 Å². The number of thiazole rings is 1. The molecule has 0 fully saturated rings. The second-order valence-electron chi connectivity index (χ2n) is 5.85. The smallest absolute Gasteiger partial charge is 0.279 e. The normalized spacial score (nSPS) is 11.8. The van der Waals surface area contributed by atoms with Gasteiger partial charge in [-0.3, -0.25) is 4.79 Å². The highest BCUT2D eigenvalue weighted by Crippen LogP contribution is 2.33. The molecule has 0 N–H and O–H groups in total. The molecule has 28 heavy (non-hydrogen) atoms. The lowest BCUT2D eigenvalue weighted by Gasteiger charge is -2.09. The van der Waals surface area contributed by atoms with Crippen LogP contribution in [-0.2, 0) is 6.54 Å². The first kappa shape index (κ1) is 20.8. The summed E-state index contributed by atoms with van der Waals surface area (Å²) >= 11 is 4.84. The van der Waals surface area contributed by atoms with E-state index in [0.29, 0.717) is 21.9 Å². The van der Waals surface area contributed by atoms with Crippen LogP contribution in [0.15, 0.2) is 46.3 Å². The van der Waals surface area contributed by atoms with E-state index in [1.165, 1.54) is 11.3 Å². The van der Waals surface area contributed by atoms with Crippen LogP contribution in [0.2, 0.25) is 0 Å². The Kier molecular flexibility index (Phi) is 7.09. The number of aryl methyl sites for hydroxylation is 1. The fourth-order valence-electron chi connectivity index (χ4n) is 2.79. The molecule has 3 aromatic rings. The van der Waals surface area contributed by atoms with Gasteiger partial charge in [-0.15, -0.1) is 11.8 Å². The van der Waals surface area contributed by atoms with E-state index in [-0.39, 0.29) is 5.91 Å². The molecule has 1 heterocycles. The summed E-state index contributed by atoms with van der Waals surface area (Å²) < 4.78 is 14.0. The Morgan fingerprint density at radius 3 is 2.57 bits per heavy atom. The second-order valence-corrected chi connectivity index (χ2v) is 8.73. The quantitative estimate of drug-likeness (QED) is 0.511. The summed E-state index contributed by atoms with van der Waals surface area (Å²) in [5, 5.41) is 0. The van der Waals surface area contributed by atoms with Crippen LogP contribution < -0.4 is 14.3 Å². The number of carbonyl (C=O) groups is 1. The molecule has 0 aliphatic heterocycles. The predicted molar refractivity (Wildman–Crippen MR) is 119 cm³/mol. The lowest BCUT2D eigenvalue weighted by molar-refractivity contribution is 0.0997. The number of rotatable bonds is 7. The maximum Gasteiger partial charge on any atom is 0.279 e. The summed E-state index contributed by atoms with van der Waals surface area (Å²) in [5.41, 5.74) is 1.58. The number of benzene rings is 2. The molecule has 0 bridgehead atoms. The largest absolute Gasteiger partial charge is 0.493 e. The topological polar surface area (TPSA) is 52.8 Å². The molecule has 2 aromatic carbocycles. The van der Waals surface area contributed by atoms with Crippen LogP contribution in [0, 0.1) is 0 Å². The number of carbonyl (C=O) groups excluding carboxylic acids is 1. The second kappa shape index (κ2) is 9.54. The average molecular weight is 435 g/mol. The van der Waals surface area contributed by atoms with Crippen LogP contribution in [0.5, 0.6) is 11.5 Å². The van der Waals surface area contributed by atoms with E-state index in [2.05, 4.69) is 15.8 Å². The van der Waals surface area contributed by atoms with Gasteiger partial charge in [0.25, 0.3) is 5.91 Å². The van der Waals surface area contributed by atoms with E-state index in [1.807, 2.05) is 36.6 Å². The van der Waals surface area contributed by atoms with Crippen molar-refractivity contribution in [3.8, 4) is 11.5 Å². The maximum atomic E-state index is 12.8. The molecular weight excluding hydrogens is 412 g/mol. The SMILES string of the molecule is COc1cc2sc(=NC(=O)c3cccc(SC)c3)n(CCSC)c2cc1OC. The Labute approximate surface area is 176 Å². The van der Waals surface area contributed by atoms with Crippen LogP contribution in [0.25, 0.3) is 10.2 Å². The van der Waals surface area contributed by atoms with E-state index < -0.39 is 0 Å². The molecule has 0 spiro atoms. The fourth-order valence-corrected chi connectivity index (χ4v) is 4.68. The van der Waals surface area contributed by atoms with Crippen molar-refractivity contribution >= 4 is 51.0 Å². The van der Waals surface area contributed by atoms with Gasteiger partial charge in [0.05, 0.1) is 24.4 Å². The summed E-state index contributed by atoms with van der Waals surface area (Å²) in [7, 11) is 3.24. The Bertz CT molecular complexity index is 1060. The van der Waals surface area contributed by atoms with Gasteiger partial charge in [0.15, 0.2) is 16.3 Å². The van der Waals surface area contributed by atoms with Crippen molar-refractivity contribution in [2.24, 2.45) is 4.99 Å². The summed E-state index contributed by atoms with van der Waals surface area (Å²) in [5.74, 6) is 2.01. The highest BCUT2D eigenvalue weighted by atomic mass is 32.2. The number of ether oxygens (including phenoxy) is 2. The van der Waals surface area contributed by atoms with Crippen LogP contribution in [0.1, 0.15) is 10.4 Å². The molecule has 3 rings (SSSR count). The number of hydrogen-bond acceptors (Lipinski definition) is 6. The molecule has 0 atom stereocenters. The van der Waals surface area contributed by atoms with Gasteiger partial charge in [-0.1, -0.05) is 17.4 Å². The number of fused-ring (bicyclic) bond motifs is 1. The third-order valence-electron chi connectivity index (χ3n) is 4.22. The summed E-state index contributed by atoms with van der Waals surface area (Å²) in [6.07, 6.45) is 4.05. The fraction of sp³-hybridized carbons (Fsp3) is 0.300. The minimum atomic E-state index is -0.237. The third kappa shape index (κ3) is 4.39. The Balaban J connectivity index is 2.14. The first-order valence-corrected chi connectivity index (χ1v) is 12.0. The van der Waals surface area contributed by atoms with Gasteiger partial charge in [-0.05, 0) is 30.7 Å². The van der Waals surface area contributed by atoms with Crippen molar-refractivity contribution in [1.82, 2.24) is 4.57 Å². The molecule has 1 aromatic heterocycles. The zero-order chi connectivity index (χ0) is 20.1. The Morgan fingerprint density at radius 2 is 1.89 bits per heavy atom. The molecule has 0 radical (unpaired) electrons. The third-order valence-corrected chi connectivity index (χ3v) is 6.58. The first-order valence-electron chi connectivity index (χ1n) is 8.58. The maximum absolute atomic E-state index is 12.8. The van der Waals surface area contributed by atoms with E-state index in [0.717, 1.165) is 27.4 Å². The number of thioether (sulfide) groups is 2. The molecule has 8 heteroatoms. The van der Waals surface area contributed by atoms with E-state index in [1.54, 1.807) is 43.8 Å². The molecule has 0 aliphatic carbocycles. The van der Waals surface area contributed by atoms with Gasteiger partial charge in [-0.2, -0.15) is 16.8 Å². The number of amides is 1. The highest BCUT2D eigenvalue weighted by molar-refractivity contribution is 7.98. The van der Waals surface area contributed by atoms with Crippen molar-refractivity contribution in [1.29, 1.82) is 0 Å². The van der Waals surface area contributed by atoms with Crippen LogP contribution in [0.3, 0.4) is 0 Å². The average Bonchev–Trinajstić information content (AvgIpc) is 3.06. The molecular formula is C20H22N2O3S3. The van der Waals surface area contributed by atoms with E-state index >= 15 is 0 Å². The molecule has 0 aliphatic rings. The van der Waals surface area contributed by atoms with E-state index in [4.69, 9.17) is 9.47 Å². The van der Waals surface area contributed by atoms with Gasteiger partial charge < -0.3 is 14.0 Å². The molecule has 0 saturated carbocycles. The highest BCUT2D eigenvalue weighted by Gasteiger charge is 2.14. The molecule has 1 amide bonds. The number of nitrogens with zero attached hydrogens (tertiary/aromatic N) is 2. The zero-order valence-electron chi connectivity index (χ0n) is 16.2. The molecule has 0 saturated heterocycles. The van der Waals surface area contributed by atoms with Crippen molar-refractivity contribution in [3.63, 3.8) is 0 Å². The zero-order valence-corrected chi connectivity index (χ0v) is 18.7. The number of methoxy groups -OCH3 is 2. The lowest BCUT2D eigenvalue weighted by atomic mass is 10.2. The van der Waals surface area contributed by atoms with Gasteiger partial charge in [0.1, 0.15) is 0 Å². The van der Waals surface area contributed by atoms with Gasteiger partial charge in [-0.25, -0.2) is 0 Å². The minimum absolute atomic E-state index is 0.237.